The van der Waals surface area contributed by atoms with Gasteiger partial charge < -0.3 is 4.98 Å². The van der Waals surface area contributed by atoms with Crippen LogP contribution in [0.15, 0.2) is 17.2 Å². The van der Waals surface area contributed by atoms with Gasteiger partial charge in [-0.2, -0.15) is 9.37 Å². The molecule has 3 rings (SSSR count). The van der Waals surface area contributed by atoms with Crippen LogP contribution in [0.2, 0.25) is 0 Å². The SMILES string of the molecule is O=C1CN(c2c(F)nc3[nH]ccn3c2=O)C(=O)N1. The largest absolute Gasteiger partial charge is 0.330 e. The van der Waals surface area contributed by atoms with Crippen molar-refractivity contribution in [3.05, 3.63) is 28.7 Å². The topological polar surface area (TPSA) is 99.6 Å². The van der Waals surface area contributed by atoms with Gasteiger partial charge in [-0.05, 0) is 0 Å². The number of carbonyl (C=O) groups is 2. The van der Waals surface area contributed by atoms with Crippen molar-refractivity contribution in [2.24, 2.45) is 0 Å². The summed E-state index contributed by atoms with van der Waals surface area (Å²) < 4.78 is 14.8. The maximum atomic E-state index is 13.7. The molecule has 0 spiro atoms. The number of aromatic nitrogens is 3. The van der Waals surface area contributed by atoms with E-state index in [1.165, 1.54) is 12.4 Å². The number of urea groups is 1. The molecule has 92 valence electrons. The molecule has 0 aliphatic carbocycles. The molecule has 1 fully saturated rings. The lowest BCUT2D eigenvalue weighted by Gasteiger charge is -2.12. The zero-order valence-corrected chi connectivity index (χ0v) is 8.81. The number of nitrogens with one attached hydrogen (secondary N) is 2. The summed E-state index contributed by atoms with van der Waals surface area (Å²) >= 11 is 0. The van der Waals surface area contributed by atoms with E-state index in [4.69, 9.17) is 0 Å². The lowest BCUT2D eigenvalue weighted by atomic mass is 10.4. The highest BCUT2D eigenvalue weighted by atomic mass is 19.1. The predicted octanol–water partition coefficient (Wildman–Crippen LogP) is -0.782. The third-order valence-corrected chi connectivity index (χ3v) is 2.55. The Labute approximate surface area is 98.0 Å². The second-order valence-electron chi connectivity index (χ2n) is 3.65. The summed E-state index contributed by atoms with van der Waals surface area (Å²) in [4.78, 5) is 41.2. The molecule has 0 bridgehead atoms. The summed E-state index contributed by atoms with van der Waals surface area (Å²) in [5, 5.41) is 1.96. The van der Waals surface area contributed by atoms with Crippen LogP contribution >= 0.6 is 0 Å². The van der Waals surface area contributed by atoms with Gasteiger partial charge in [-0.15, -0.1) is 0 Å². The van der Waals surface area contributed by atoms with Gasteiger partial charge >= 0.3 is 6.03 Å². The van der Waals surface area contributed by atoms with E-state index in [1.54, 1.807) is 0 Å². The van der Waals surface area contributed by atoms with Gasteiger partial charge in [0.25, 0.3) is 5.56 Å². The lowest BCUT2D eigenvalue weighted by Crippen LogP contribution is -2.35. The number of anilines is 1. The van der Waals surface area contributed by atoms with Crippen molar-refractivity contribution in [2.45, 2.75) is 0 Å². The van der Waals surface area contributed by atoms with E-state index >= 15 is 0 Å². The van der Waals surface area contributed by atoms with Crippen LogP contribution in [0.1, 0.15) is 0 Å². The van der Waals surface area contributed by atoms with Crippen LogP contribution in [0.5, 0.6) is 0 Å². The molecule has 0 saturated carbocycles. The van der Waals surface area contributed by atoms with Gasteiger partial charge in [0.2, 0.25) is 17.6 Å². The molecule has 1 aliphatic heterocycles. The van der Waals surface area contributed by atoms with Gasteiger partial charge in [0.05, 0.1) is 0 Å². The van der Waals surface area contributed by atoms with Crippen LogP contribution in [0.25, 0.3) is 5.78 Å². The predicted molar refractivity (Wildman–Crippen MR) is 56.7 cm³/mol. The highest BCUT2D eigenvalue weighted by molar-refractivity contribution is 6.12. The molecule has 9 heteroatoms. The molecule has 2 aromatic rings. The van der Waals surface area contributed by atoms with Gasteiger partial charge in [-0.1, -0.05) is 0 Å². The fourth-order valence-electron chi connectivity index (χ4n) is 1.77. The van der Waals surface area contributed by atoms with E-state index in [1.807, 2.05) is 5.32 Å². The summed E-state index contributed by atoms with van der Waals surface area (Å²) in [6.45, 7) is -0.400. The first-order chi connectivity index (χ1) is 8.58. The number of amides is 3. The van der Waals surface area contributed by atoms with Crippen LogP contribution in [-0.2, 0) is 4.79 Å². The number of halogens is 1. The van der Waals surface area contributed by atoms with Crippen molar-refractivity contribution in [2.75, 3.05) is 11.4 Å². The van der Waals surface area contributed by atoms with Crippen LogP contribution in [0, 0.1) is 5.95 Å². The molecule has 0 radical (unpaired) electrons. The minimum atomic E-state index is -1.10. The summed E-state index contributed by atoms with van der Waals surface area (Å²) in [6, 6.07) is -0.840. The molecule has 3 heterocycles. The number of H-pyrrole nitrogens is 1. The van der Waals surface area contributed by atoms with E-state index in [0.717, 1.165) is 9.30 Å². The molecular formula is C9H6FN5O3. The molecule has 18 heavy (non-hydrogen) atoms. The number of nitrogens with zero attached hydrogens (tertiary/aromatic N) is 3. The first-order valence-electron chi connectivity index (χ1n) is 4.94. The van der Waals surface area contributed by atoms with Crippen LogP contribution in [0.4, 0.5) is 14.9 Å². The first-order valence-corrected chi connectivity index (χ1v) is 4.94. The molecule has 2 N–H and O–H groups in total. The molecule has 0 aromatic carbocycles. The Hall–Kier alpha value is -2.71. The maximum Gasteiger partial charge on any atom is 0.329 e. The summed E-state index contributed by atoms with van der Waals surface area (Å²) in [5.41, 5.74) is -1.31. The van der Waals surface area contributed by atoms with Gasteiger partial charge in [0.1, 0.15) is 6.54 Å². The minimum Gasteiger partial charge on any atom is -0.330 e. The summed E-state index contributed by atoms with van der Waals surface area (Å²) in [5.74, 6) is -1.68. The third-order valence-electron chi connectivity index (χ3n) is 2.55. The average Bonchev–Trinajstić information content (AvgIpc) is 2.86. The molecular weight excluding hydrogens is 245 g/mol. The molecule has 1 saturated heterocycles. The van der Waals surface area contributed by atoms with E-state index in [2.05, 4.69) is 9.97 Å². The number of rotatable bonds is 1. The number of imide groups is 1. The van der Waals surface area contributed by atoms with Crippen LogP contribution in [-0.4, -0.2) is 32.9 Å². The molecule has 2 aromatic heterocycles. The Morgan fingerprint density at radius 2 is 2.11 bits per heavy atom. The van der Waals surface area contributed by atoms with Gasteiger partial charge in [-0.3, -0.25) is 24.2 Å². The Morgan fingerprint density at radius 3 is 2.78 bits per heavy atom. The fraction of sp³-hybridized carbons (Fsp3) is 0.111. The fourth-order valence-corrected chi connectivity index (χ4v) is 1.77. The number of aromatic amines is 1. The third kappa shape index (κ3) is 1.30. The van der Waals surface area contributed by atoms with Crippen molar-refractivity contribution in [1.82, 2.24) is 19.7 Å². The minimum absolute atomic E-state index is 0.0205. The van der Waals surface area contributed by atoms with Crippen molar-refractivity contribution in [3.63, 3.8) is 0 Å². The molecule has 0 atom stereocenters. The number of imidazole rings is 1. The monoisotopic (exact) mass is 251 g/mol. The first kappa shape index (κ1) is 10.4. The highest BCUT2D eigenvalue weighted by Crippen LogP contribution is 2.15. The van der Waals surface area contributed by atoms with E-state index in [-0.39, 0.29) is 5.78 Å². The molecule has 8 nitrogen and oxygen atoms in total. The van der Waals surface area contributed by atoms with Crippen molar-refractivity contribution < 1.29 is 14.0 Å². The number of hydrogen-bond acceptors (Lipinski definition) is 4. The Balaban J connectivity index is 2.26. The summed E-state index contributed by atoms with van der Waals surface area (Å²) in [6.07, 6.45) is 2.76. The zero-order chi connectivity index (χ0) is 12.9. The van der Waals surface area contributed by atoms with Gasteiger partial charge in [-0.25, -0.2) is 4.79 Å². The summed E-state index contributed by atoms with van der Waals surface area (Å²) in [7, 11) is 0. The van der Waals surface area contributed by atoms with E-state index in [9.17, 15) is 18.8 Å². The zero-order valence-electron chi connectivity index (χ0n) is 8.81. The Morgan fingerprint density at radius 1 is 1.33 bits per heavy atom. The molecule has 3 amide bonds. The van der Waals surface area contributed by atoms with E-state index < -0.39 is 35.7 Å². The molecule has 1 aliphatic rings. The second kappa shape index (κ2) is 3.39. The number of carbonyl (C=O) groups excluding carboxylic acids is 2. The van der Waals surface area contributed by atoms with Gasteiger partial charge in [0.15, 0.2) is 5.69 Å². The second-order valence-corrected chi connectivity index (χ2v) is 3.65. The normalized spacial score (nSPS) is 15.5. The van der Waals surface area contributed by atoms with Gasteiger partial charge in [0, 0.05) is 12.4 Å². The maximum absolute atomic E-state index is 13.7. The number of fused-ring (bicyclic) bond motifs is 1. The average molecular weight is 251 g/mol. The smallest absolute Gasteiger partial charge is 0.329 e. The van der Waals surface area contributed by atoms with Crippen LogP contribution < -0.4 is 15.8 Å². The lowest BCUT2D eigenvalue weighted by molar-refractivity contribution is -0.117. The number of hydrogen-bond donors (Lipinski definition) is 2. The standard InChI is InChI=1S/C9H6FN5O3/c10-6-5(15-3-4(16)12-9(15)18)7(17)14-2-1-11-8(14)13-6/h1-2H,3H2,(H,11,13)(H,12,16,18). The highest BCUT2D eigenvalue weighted by Gasteiger charge is 2.33. The van der Waals surface area contributed by atoms with Crippen LogP contribution in [0.3, 0.4) is 0 Å². The van der Waals surface area contributed by atoms with E-state index in [0.29, 0.717) is 0 Å². The Bertz CT molecular complexity index is 733. The van der Waals surface area contributed by atoms with Crippen molar-refractivity contribution in [1.29, 1.82) is 0 Å². The van der Waals surface area contributed by atoms with Crippen molar-refractivity contribution >= 4 is 23.4 Å². The van der Waals surface area contributed by atoms with Crippen molar-refractivity contribution in [3.8, 4) is 0 Å². The Kier molecular flexibility index (Phi) is 1.97. The quantitative estimate of drug-likeness (QED) is 0.512. The molecule has 0 unspecified atom stereocenters.